The summed E-state index contributed by atoms with van der Waals surface area (Å²) in [6.07, 6.45) is 2.70. The lowest BCUT2D eigenvalue weighted by atomic mass is 9.88. The quantitative estimate of drug-likeness (QED) is 0.671. The number of amides is 1. The molecule has 3 rings (SSSR count). The van der Waals surface area contributed by atoms with E-state index in [1.165, 1.54) is 18.4 Å². The van der Waals surface area contributed by atoms with Crippen LogP contribution in [0.25, 0.3) is 0 Å². The number of nitrogens with one attached hydrogen (secondary N) is 1. The Morgan fingerprint density at radius 1 is 1.33 bits per heavy atom. The topological polar surface area (TPSA) is 97.6 Å². The fourth-order valence-electron chi connectivity index (χ4n) is 3.42. The Morgan fingerprint density at radius 3 is 2.83 bits per heavy atom. The zero-order chi connectivity index (χ0) is 21.7. The van der Waals surface area contributed by atoms with E-state index in [1.807, 2.05) is 6.07 Å². The highest BCUT2D eigenvalue weighted by Gasteiger charge is 2.29. The minimum Gasteiger partial charge on any atom is -0.493 e. The Bertz CT molecular complexity index is 992. The number of fused-ring (bicyclic) bond motifs is 1. The number of ether oxygens (including phenoxy) is 3. The van der Waals surface area contributed by atoms with Crippen LogP contribution in [0, 0.1) is 17.2 Å². The third-order valence-electron chi connectivity index (χ3n) is 4.90. The second kappa shape index (κ2) is 9.63. The molecule has 1 aromatic heterocycles. The van der Waals surface area contributed by atoms with Crippen molar-refractivity contribution in [3.63, 3.8) is 0 Å². The van der Waals surface area contributed by atoms with E-state index in [2.05, 4.69) is 12.2 Å². The lowest BCUT2D eigenvalue weighted by Crippen LogP contribution is -2.21. The van der Waals surface area contributed by atoms with Crippen LogP contribution in [-0.4, -0.2) is 32.2 Å². The van der Waals surface area contributed by atoms with Crippen molar-refractivity contribution in [1.29, 1.82) is 5.26 Å². The lowest BCUT2D eigenvalue weighted by molar-refractivity contribution is -0.118. The number of methoxy groups -OCH3 is 1. The number of hydrogen-bond donors (Lipinski definition) is 1. The van der Waals surface area contributed by atoms with Gasteiger partial charge in [-0.2, -0.15) is 5.26 Å². The molecule has 1 heterocycles. The van der Waals surface area contributed by atoms with E-state index < -0.39 is 11.9 Å². The molecule has 0 aliphatic heterocycles. The number of carbonyl (C=O) groups excluding carboxylic acids is 2. The average Bonchev–Trinajstić information content (AvgIpc) is 3.08. The molecule has 1 amide bonds. The molecule has 0 fully saturated rings. The molecule has 8 heteroatoms. The summed E-state index contributed by atoms with van der Waals surface area (Å²) in [5, 5.41) is 12.3. The molecule has 1 N–H and O–H groups in total. The molecule has 1 aliphatic carbocycles. The summed E-state index contributed by atoms with van der Waals surface area (Å²) < 4.78 is 16.0. The van der Waals surface area contributed by atoms with Gasteiger partial charge in [0, 0.05) is 10.9 Å². The van der Waals surface area contributed by atoms with Crippen LogP contribution in [-0.2, 0) is 22.4 Å². The van der Waals surface area contributed by atoms with Gasteiger partial charge in [0.2, 0.25) is 0 Å². The Kier molecular flexibility index (Phi) is 6.95. The molecule has 2 aromatic rings. The number of thiophene rings is 1. The zero-order valence-corrected chi connectivity index (χ0v) is 18.1. The molecule has 1 unspecified atom stereocenters. The standard InChI is InChI=1S/C22H24N2O5S/c1-4-28-22(26)20-15-7-5-13(2)9-18(15)30-21(20)24-19(25)12-29-16-8-6-14(11-23)10-17(16)27-3/h6,8,10,13H,4-5,7,9,12H2,1-3H3,(H,24,25). The minimum absolute atomic E-state index is 0.260. The van der Waals surface area contributed by atoms with Crippen molar-refractivity contribution in [1.82, 2.24) is 0 Å². The van der Waals surface area contributed by atoms with Gasteiger partial charge >= 0.3 is 5.97 Å². The van der Waals surface area contributed by atoms with Crippen molar-refractivity contribution in [3.05, 3.63) is 39.8 Å². The zero-order valence-electron chi connectivity index (χ0n) is 17.2. The maximum atomic E-state index is 12.5. The largest absolute Gasteiger partial charge is 0.493 e. The fraction of sp³-hybridized carbons (Fsp3) is 0.409. The van der Waals surface area contributed by atoms with E-state index in [0.29, 0.717) is 33.5 Å². The molecule has 1 atom stereocenters. The van der Waals surface area contributed by atoms with Gasteiger partial charge in [-0.25, -0.2) is 4.79 Å². The second-order valence-corrected chi connectivity index (χ2v) is 8.20. The normalized spacial score (nSPS) is 14.9. The van der Waals surface area contributed by atoms with Crippen LogP contribution in [0.3, 0.4) is 0 Å². The minimum atomic E-state index is -0.408. The van der Waals surface area contributed by atoms with Crippen LogP contribution in [0.5, 0.6) is 11.5 Å². The number of benzene rings is 1. The molecule has 0 radical (unpaired) electrons. The monoisotopic (exact) mass is 428 g/mol. The van der Waals surface area contributed by atoms with Gasteiger partial charge in [-0.3, -0.25) is 4.79 Å². The van der Waals surface area contributed by atoms with E-state index >= 15 is 0 Å². The Labute approximate surface area is 179 Å². The number of rotatable bonds is 7. The summed E-state index contributed by atoms with van der Waals surface area (Å²) in [6.45, 7) is 3.96. The highest BCUT2D eigenvalue weighted by Crippen LogP contribution is 2.40. The van der Waals surface area contributed by atoms with Gasteiger partial charge in [0.15, 0.2) is 18.1 Å². The maximum absolute atomic E-state index is 12.5. The molecule has 0 bridgehead atoms. The summed E-state index contributed by atoms with van der Waals surface area (Å²) in [4.78, 5) is 26.2. The van der Waals surface area contributed by atoms with Crippen molar-refractivity contribution in [2.45, 2.75) is 33.1 Å². The summed E-state index contributed by atoms with van der Waals surface area (Å²) in [5.41, 5.74) is 1.88. The first-order valence-corrected chi connectivity index (χ1v) is 10.6. The average molecular weight is 429 g/mol. The van der Waals surface area contributed by atoms with E-state index in [9.17, 15) is 9.59 Å². The summed E-state index contributed by atoms with van der Waals surface area (Å²) in [5.74, 6) is 0.473. The predicted molar refractivity (Wildman–Crippen MR) is 113 cm³/mol. The highest BCUT2D eigenvalue weighted by molar-refractivity contribution is 7.17. The van der Waals surface area contributed by atoms with E-state index in [-0.39, 0.29) is 13.2 Å². The van der Waals surface area contributed by atoms with Crippen molar-refractivity contribution >= 4 is 28.2 Å². The van der Waals surface area contributed by atoms with Crippen molar-refractivity contribution < 1.29 is 23.8 Å². The lowest BCUT2D eigenvalue weighted by Gasteiger charge is -2.18. The van der Waals surface area contributed by atoms with Crippen LogP contribution in [0.15, 0.2) is 18.2 Å². The van der Waals surface area contributed by atoms with E-state index in [0.717, 1.165) is 29.7 Å². The predicted octanol–water partition coefficient (Wildman–Crippen LogP) is 3.95. The van der Waals surface area contributed by atoms with Gasteiger partial charge in [0.1, 0.15) is 5.00 Å². The first-order valence-electron chi connectivity index (χ1n) is 9.79. The molecule has 0 spiro atoms. The van der Waals surface area contributed by atoms with Gasteiger partial charge < -0.3 is 19.5 Å². The van der Waals surface area contributed by atoms with Crippen LogP contribution in [0.4, 0.5) is 5.00 Å². The number of hydrogen-bond acceptors (Lipinski definition) is 7. The Morgan fingerprint density at radius 2 is 2.13 bits per heavy atom. The summed E-state index contributed by atoms with van der Waals surface area (Å²) in [7, 11) is 1.46. The fourth-order valence-corrected chi connectivity index (χ4v) is 4.84. The van der Waals surface area contributed by atoms with Crippen LogP contribution in [0.2, 0.25) is 0 Å². The van der Waals surface area contributed by atoms with E-state index in [1.54, 1.807) is 25.1 Å². The smallest absolute Gasteiger partial charge is 0.341 e. The third-order valence-corrected chi connectivity index (χ3v) is 6.07. The summed E-state index contributed by atoms with van der Waals surface area (Å²) >= 11 is 1.43. The highest BCUT2D eigenvalue weighted by atomic mass is 32.1. The molecule has 1 aliphatic rings. The molecular formula is C22H24N2O5S. The van der Waals surface area contributed by atoms with Gasteiger partial charge in [0.05, 0.1) is 30.9 Å². The summed E-state index contributed by atoms with van der Waals surface area (Å²) in [6, 6.07) is 6.74. The number of carbonyl (C=O) groups is 2. The maximum Gasteiger partial charge on any atom is 0.341 e. The van der Waals surface area contributed by atoms with Crippen LogP contribution < -0.4 is 14.8 Å². The first-order chi connectivity index (χ1) is 14.5. The molecule has 7 nitrogen and oxygen atoms in total. The molecule has 0 saturated heterocycles. The van der Waals surface area contributed by atoms with Crippen molar-refractivity contribution in [2.24, 2.45) is 5.92 Å². The van der Waals surface area contributed by atoms with Gasteiger partial charge in [-0.1, -0.05) is 6.92 Å². The third kappa shape index (κ3) is 4.74. The van der Waals surface area contributed by atoms with Crippen LogP contribution >= 0.6 is 11.3 Å². The first kappa shape index (κ1) is 21.7. The van der Waals surface area contributed by atoms with Gasteiger partial charge in [-0.15, -0.1) is 11.3 Å². The SMILES string of the molecule is CCOC(=O)c1c(NC(=O)COc2ccc(C#N)cc2OC)sc2c1CCC(C)C2. The Balaban J connectivity index is 1.75. The molecule has 30 heavy (non-hydrogen) atoms. The second-order valence-electron chi connectivity index (χ2n) is 7.09. The number of nitriles is 1. The molecule has 158 valence electrons. The molecule has 1 aromatic carbocycles. The van der Waals surface area contributed by atoms with Crippen LogP contribution in [0.1, 0.15) is 46.6 Å². The van der Waals surface area contributed by atoms with Crippen molar-refractivity contribution in [2.75, 3.05) is 25.6 Å². The number of esters is 1. The Hall–Kier alpha value is -3.05. The van der Waals surface area contributed by atoms with E-state index in [4.69, 9.17) is 19.5 Å². The number of nitrogens with zero attached hydrogens (tertiary/aromatic N) is 1. The molecular weight excluding hydrogens is 404 g/mol. The van der Waals surface area contributed by atoms with Gasteiger partial charge in [-0.05, 0) is 49.8 Å². The van der Waals surface area contributed by atoms with Crippen molar-refractivity contribution in [3.8, 4) is 17.6 Å². The molecule has 0 saturated carbocycles. The van der Waals surface area contributed by atoms with Gasteiger partial charge in [0.25, 0.3) is 5.91 Å². The number of anilines is 1.